The Labute approximate surface area is 560 Å². The number of hydrogen-bond acceptors (Lipinski definition) is 3. The van der Waals surface area contributed by atoms with Crippen LogP contribution in [0.5, 0.6) is 0 Å². The molecule has 6 heterocycles. The van der Waals surface area contributed by atoms with Crippen LogP contribution in [0.2, 0.25) is 0 Å². The van der Waals surface area contributed by atoms with Crippen molar-refractivity contribution in [3.05, 3.63) is 270 Å². The van der Waals surface area contributed by atoms with Gasteiger partial charge in [-0.1, -0.05) is 144 Å². The Morgan fingerprint density at radius 1 is 0.337 bits per heavy atom. The van der Waals surface area contributed by atoms with Crippen LogP contribution in [0, 0.1) is 20.8 Å². The average Bonchev–Trinajstić information content (AvgIpc) is 1.56. The molecular weight excluding hydrogens is 1160 g/mol. The third-order valence-corrected chi connectivity index (χ3v) is 19.9. The number of nitrogens with zero attached hydrogens (tertiary/aromatic N) is 3. The van der Waals surface area contributed by atoms with E-state index in [9.17, 15) is 0 Å². The molecule has 18 rings (SSSR count). The van der Waals surface area contributed by atoms with Crippen molar-refractivity contribution in [1.82, 2.24) is 0 Å². The molecule has 95 heavy (non-hydrogen) atoms. The molecule has 18 aromatic rings. The molecular formula is C89H76N3O3+3. The molecule has 0 saturated heterocycles. The summed E-state index contributed by atoms with van der Waals surface area (Å²) in [5.74, 6) is -2.31. The Bertz CT molecular complexity index is 6420. The summed E-state index contributed by atoms with van der Waals surface area (Å²) in [6, 6.07) is 76.5. The van der Waals surface area contributed by atoms with E-state index in [0.29, 0.717) is 5.56 Å². The predicted octanol–water partition coefficient (Wildman–Crippen LogP) is 22.9. The number of pyridine rings is 3. The zero-order chi connectivity index (χ0) is 69.4. The number of rotatable bonds is 6. The maximum absolute atomic E-state index is 8.50. The second kappa shape index (κ2) is 23.3. The van der Waals surface area contributed by atoms with E-state index >= 15 is 0 Å². The number of hydrogen-bond donors (Lipinski definition) is 0. The van der Waals surface area contributed by atoms with Crippen molar-refractivity contribution in [2.45, 2.75) is 73.5 Å². The lowest BCUT2D eigenvalue weighted by atomic mass is 9.94. The Morgan fingerprint density at radius 3 is 0.989 bits per heavy atom. The van der Waals surface area contributed by atoms with Crippen molar-refractivity contribution in [3.8, 4) is 33.8 Å². The Hall–Kier alpha value is -11.0. The van der Waals surface area contributed by atoms with Crippen LogP contribution >= 0.6 is 0 Å². The molecule has 0 aliphatic rings. The van der Waals surface area contributed by atoms with Crippen molar-refractivity contribution in [3.63, 3.8) is 0 Å². The molecule has 6 nitrogen and oxygen atoms in total. The van der Waals surface area contributed by atoms with Crippen molar-refractivity contribution < 1.29 is 33.8 Å². The Morgan fingerprint density at radius 2 is 0.653 bits per heavy atom. The second-order valence-corrected chi connectivity index (χ2v) is 26.1. The molecule has 6 aromatic heterocycles. The normalized spacial score (nSPS) is 13.6. The van der Waals surface area contributed by atoms with Crippen LogP contribution in [0.15, 0.2) is 250 Å². The molecule has 6 heteroatoms. The van der Waals surface area contributed by atoms with Crippen LogP contribution in [-0.2, 0) is 27.6 Å². The summed E-state index contributed by atoms with van der Waals surface area (Å²) in [7, 11) is 6.22. The van der Waals surface area contributed by atoms with E-state index in [1.165, 1.54) is 83.2 Å². The first kappa shape index (κ1) is 53.5. The molecule has 0 spiro atoms. The van der Waals surface area contributed by atoms with Gasteiger partial charge in [-0.05, 0) is 195 Å². The molecule has 12 aromatic carbocycles. The van der Waals surface area contributed by atoms with E-state index in [0.717, 1.165) is 122 Å². The maximum Gasteiger partial charge on any atom is 0.220 e. The van der Waals surface area contributed by atoms with Crippen molar-refractivity contribution in [1.29, 1.82) is 0 Å². The summed E-state index contributed by atoms with van der Waals surface area (Å²) in [6.07, 6.45) is 7.29. The fourth-order valence-corrected chi connectivity index (χ4v) is 14.7. The fraction of sp³-hybridized carbons (Fsp3) is 0.157. The lowest BCUT2D eigenvalue weighted by molar-refractivity contribution is -0.659. The summed E-state index contributed by atoms with van der Waals surface area (Å²) in [5.41, 5.74) is 18.6. The highest BCUT2D eigenvalue weighted by Gasteiger charge is 2.25. The monoisotopic (exact) mass is 1240 g/mol. The number of furan rings is 3. The van der Waals surface area contributed by atoms with Gasteiger partial charge in [0.2, 0.25) is 17.1 Å². The lowest BCUT2D eigenvalue weighted by Gasteiger charge is -2.11. The van der Waals surface area contributed by atoms with E-state index in [4.69, 9.17) is 20.1 Å². The number of fused-ring (bicyclic) bond motifs is 15. The van der Waals surface area contributed by atoms with Gasteiger partial charge in [-0.25, -0.2) is 13.7 Å². The quantitative estimate of drug-likeness (QED) is 0.156. The molecule has 0 aliphatic heterocycles. The molecule has 1 unspecified atom stereocenters. The molecule has 0 bridgehead atoms. The van der Waals surface area contributed by atoms with Crippen molar-refractivity contribution in [2.24, 2.45) is 21.1 Å². The molecule has 1 atom stereocenters. The van der Waals surface area contributed by atoms with E-state index in [2.05, 4.69) is 250 Å². The lowest BCUT2D eigenvalue weighted by Crippen LogP contribution is -2.30. The molecule has 0 amide bonds. The van der Waals surface area contributed by atoms with E-state index in [-0.39, 0.29) is 0 Å². The average molecular weight is 1240 g/mol. The summed E-state index contributed by atoms with van der Waals surface area (Å²) < 4.78 is 66.1. The highest BCUT2D eigenvalue weighted by Crippen LogP contribution is 2.43. The van der Waals surface area contributed by atoms with Gasteiger partial charge >= 0.3 is 0 Å². The van der Waals surface area contributed by atoms with Gasteiger partial charge in [0, 0.05) is 74.1 Å². The van der Waals surface area contributed by atoms with Crippen LogP contribution in [0.3, 0.4) is 0 Å². The molecule has 0 N–H and O–H groups in total. The third kappa shape index (κ3) is 10.0. The Kier molecular flexibility index (Phi) is 13.1. The van der Waals surface area contributed by atoms with Gasteiger partial charge in [0.15, 0.2) is 18.6 Å². The maximum atomic E-state index is 8.50. The molecule has 0 aliphatic carbocycles. The van der Waals surface area contributed by atoms with Crippen LogP contribution < -0.4 is 13.7 Å². The molecule has 462 valence electrons. The summed E-state index contributed by atoms with van der Waals surface area (Å²) in [4.78, 5) is 0. The summed E-state index contributed by atoms with van der Waals surface area (Å²) >= 11 is 0. The topological polar surface area (TPSA) is 51.1 Å². The number of aromatic nitrogens is 3. The largest absolute Gasteiger partial charge is 0.456 e. The van der Waals surface area contributed by atoms with Gasteiger partial charge in [0.05, 0.1) is 32.8 Å². The molecule has 0 radical (unpaired) electrons. The minimum absolute atomic E-state index is 0.478. The fourth-order valence-electron chi connectivity index (χ4n) is 14.7. The standard InChI is InChI=1S/2C30H26NO.C29H24NO/c2*1-18(2)20-9-10-25-23(15-20)13-14-31(4)29(25)24-11-12-26-27-16-21-7-5-6-8-22(21)17-28(27)32-30(26)19(24)3;1-4-19-9-10-24-22(15-19)13-14-30(3)28(24)23-11-12-25-26-16-20-7-5-6-8-21(20)17-27(26)31-29(25)18(23)2/h2*5-18H,1-4H3;5-17H,4H2,1-3H3/q3*+1/i1D3,18D;18D;. The van der Waals surface area contributed by atoms with Crippen LogP contribution in [-0.4, -0.2) is 0 Å². The van der Waals surface area contributed by atoms with Crippen molar-refractivity contribution >= 4 is 130 Å². The van der Waals surface area contributed by atoms with Gasteiger partial charge in [0.25, 0.3) is 0 Å². The summed E-state index contributed by atoms with van der Waals surface area (Å²) in [6.45, 7) is 11.5. The molecule has 0 fully saturated rings. The van der Waals surface area contributed by atoms with Crippen molar-refractivity contribution in [2.75, 3.05) is 0 Å². The first-order valence-corrected chi connectivity index (χ1v) is 32.8. The minimum atomic E-state index is -2.42. The first-order valence-electron chi connectivity index (χ1n) is 35.3. The second-order valence-electron chi connectivity index (χ2n) is 26.1. The highest BCUT2D eigenvalue weighted by atomic mass is 16.3. The van der Waals surface area contributed by atoms with Gasteiger partial charge in [-0.3, -0.25) is 0 Å². The highest BCUT2D eigenvalue weighted by molar-refractivity contribution is 6.15. The van der Waals surface area contributed by atoms with Crippen LogP contribution in [0.25, 0.3) is 164 Å². The summed E-state index contributed by atoms with van der Waals surface area (Å²) in [5, 5.41) is 20.8. The van der Waals surface area contributed by atoms with Crippen LogP contribution in [0.4, 0.5) is 0 Å². The smallest absolute Gasteiger partial charge is 0.220 e. The van der Waals surface area contributed by atoms with Gasteiger partial charge in [-0.2, -0.15) is 0 Å². The Balaban J connectivity index is 0.000000117. The number of benzene rings is 12. The van der Waals surface area contributed by atoms with E-state index < -0.39 is 18.6 Å². The zero-order valence-electron chi connectivity index (χ0n) is 60.3. The van der Waals surface area contributed by atoms with Gasteiger partial charge in [0.1, 0.15) is 54.6 Å². The number of aryl methyl sites for hydroxylation is 7. The third-order valence-electron chi connectivity index (χ3n) is 19.9. The van der Waals surface area contributed by atoms with E-state index in [1.54, 1.807) is 6.07 Å². The minimum Gasteiger partial charge on any atom is -0.456 e. The molecule has 0 saturated carbocycles. The van der Waals surface area contributed by atoms with E-state index in [1.807, 2.05) is 57.4 Å². The van der Waals surface area contributed by atoms with Gasteiger partial charge in [-0.15, -0.1) is 0 Å². The van der Waals surface area contributed by atoms with Gasteiger partial charge < -0.3 is 13.3 Å². The zero-order valence-corrected chi connectivity index (χ0v) is 55.3. The first-order chi connectivity index (χ1) is 48.0. The predicted molar refractivity (Wildman–Crippen MR) is 398 cm³/mol. The van der Waals surface area contributed by atoms with Crippen LogP contribution in [0.1, 0.15) is 86.6 Å². The SMILES string of the molecule is CCc1ccc2c(-c3ccc4c(oc5cc6ccccc6cc54)c3C)[n+](C)ccc2c1.[2H]C(C)(C)c1ccc2c(-c3ccc4c(oc5cc6ccccc6cc54)c3C)[n+](C)ccc2c1.[2H]C([2H])([2H])C([2H])(C)c1ccc2c(-c3ccc4c(oc5cc6ccccc6cc54)c3C)[n+](C)ccc2c1.